The molecule has 0 heterocycles. The predicted molar refractivity (Wildman–Crippen MR) is 85.7 cm³/mol. The first-order valence-corrected chi connectivity index (χ1v) is 7.04. The van der Waals surface area contributed by atoms with Gasteiger partial charge in [-0.2, -0.15) is 8.78 Å². The molecule has 0 N–H and O–H groups in total. The number of hydrogen-bond acceptors (Lipinski definition) is 4. The lowest BCUT2D eigenvalue weighted by Gasteiger charge is -2.23. The van der Waals surface area contributed by atoms with Crippen LogP contribution in [-0.2, 0) is 9.53 Å². The van der Waals surface area contributed by atoms with E-state index in [0.29, 0.717) is 5.75 Å². The van der Waals surface area contributed by atoms with Crippen molar-refractivity contribution in [3.05, 3.63) is 36.9 Å². The van der Waals surface area contributed by atoms with Gasteiger partial charge in [0.2, 0.25) is 0 Å². The number of esters is 1. The highest BCUT2D eigenvalue weighted by molar-refractivity contribution is 6.39. The highest BCUT2D eigenvalue weighted by atomic mass is 19.3. The van der Waals surface area contributed by atoms with Crippen LogP contribution in [0.3, 0.4) is 0 Å². The van der Waals surface area contributed by atoms with E-state index in [1.165, 1.54) is 19.2 Å². The third-order valence-electron chi connectivity index (χ3n) is 2.65. The van der Waals surface area contributed by atoms with E-state index < -0.39 is 29.6 Å². The first-order chi connectivity index (χ1) is 10.6. The van der Waals surface area contributed by atoms with E-state index >= 15 is 0 Å². The smallest absolute Gasteiger partial charge is 0.359 e. The summed E-state index contributed by atoms with van der Waals surface area (Å²) in [4.78, 5) is 15.9. The van der Waals surface area contributed by atoms with Crippen molar-refractivity contribution < 1.29 is 23.0 Å². The van der Waals surface area contributed by atoms with Crippen LogP contribution < -0.4 is 4.74 Å². The number of carbonyl (C=O) groups excluding carboxylic acids is 1. The van der Waals surface area contributed by atoms with Gasteiger partial charge in [-0.3, -0.25) is 0 Å². The van der Waals surface area contributed by atoms with Crippen molar-refractivity contribution in [3.8, 4) is 5.75 Å². The van der Waals surface area contributed by atoms with Crippen LogP contribution in [0.25, 0.3) is 0 Å². The SMILES string of the molecule is C=CCC(F)(F)C(=Nc1ccc(OC)cc1)C(=O)OC(C)(C)C. The number of benzene rings is 1. The van der Waals surface area contributed by atoms with E-state index in [0.717, 1.165) is 6.08 Å². The number of methoxy groups -OCH3 is 1. The molecule has 0 amide bonds. The summed E-state index contributed by atoms with van der Waals surface area (Å²) >= 11 is 0. The molecule has 4 nitrogen and oxygen atoms in total. The zero-order chi connectivity index (χ0) is 17.7. The Kier molecular flexibility index (Phi) is 6.01. The molecule has 0 aliphatic carbocycles. The summed E-state index contributed by atoms with van der Waals surface area (Å²) in [5, 5.41) is 0. The minimum Gasteiger partial charge on any atom is -0.497 e. The fraction of sp³-hybridized carbons (Fsp3) is 0.412. The second-order valence-electron chi connectivity index (χ2n) is 5.86. The van der Waals surface area contributed by atoms with Crippen LogP contribution in [0.2, 0.25) is 0 Å². The van der Waals surface area contributed by atoms with Crippen LogP contribution in [-0.4, -0.2) is 30.3 Å². The molecule has 0 aliphatic rings. The molecule has 0 saturated heterocycles. The Bertz CT molecular complexity index is 587. The quantitative estimate of drug-likeness (QED) is 0.444. The van der Waals surface area contributed by atoms with E-state index in [-0.39, 0.29) is 5.69 Å². The van der Waals surface area contributed by atoms with Gasteiger partial charge in [-0.05, 0) is 45.0 Å². The van der Waals surface area contributed by atoms with E-state index in [1.54, 1.807) is 32.9 Å². The molecule has 126 valence electrons. The van der Waals surface area contributed by atoms with Gasteiger partial charge in [0.15, 0.2) is 5.71 Å². The van der Waals surface area contributed by atoms with Crippen LogP contribution in [0.15, 0.2) is 41.9 Å². The van der Waals surface area contributed by atoms with E-state index in [2.05, 4.69) is 11.6 Å². The molecule has 6 heteroatoms. The third kappa shape index (κ3) is 5.81. The van der Waals surface area contributed by atoms with E-state index in [1.807, 2.05) is 0 Å². The van der Waals surface area contributed by atoms with E-state index in [4.69, 9.17) is 9.47 Å². The molecule has 0 bridgehead atoms. The Morgan fingerprint density at radius 2 is 1.83 bits per heavy atom. The highest BCUT2D eigenvalue weighted by Crippen LogP contribution is 2.27. The molecule has 0 saturated carbocycles. The number of halogens is 2. The Morgan fingerprint density at radius 3 is 2.26 bits per heavy atom. The lowest BCUT2D eigenvalue weighted by Crippen LogP contribution is -2.39. The molecule has 0 fully saturated rings. The molecule has 1 rings (SSSR count). The van der Waals surface area contributed by atoms with Gasteiger partial charge in [0.25, 0.3) is 5.92 Å². The summed E-state index contributed by atoms with van der Waals surface area (Å²) in [6.45, 7) is 8.08. The maximum atomic E-state index is 14.2. The number of rotatable bonds is 6. The molecular formula is C17H21F2NO3. The van der Waals surface area contributed by atoms with Crippen LogP contribution in [0.1, 0.15) is 27.2 Å². The molecule has 1 aromatic carbocycles. The molecule has 0 aromatic heterocycles. The fourth-order valence-electron chi connectivity index (χ4n) is 1.67. The van der Waals surface area contributed by atoms with Crippen molar-refractivity contribution >= 4 is 17.4 Å². The third-order valence-corrected chi connectivity index (χ3v) is 2.65. The summed E-state index contributed by atoms with van der Waals surface area (Å²) < 4.78 is 38.5. The number of alkyl halides is 2. The highest BCUT2D eigenvalue weighted by Gasteiger charge is 2.41. The normalized spacial score (nSPS) is 12.7. The van der Waals surface area contributed by atoms with Gasteiger partial charge < -0.3 is 9.47 Å². The van der Waals surface area contributed by atoms with Gasteiger partial charge in [-0.25, -0.2) is 9.79 Å². The van der Waals surface area contributed by atoms with Gasteiger partial charge in [0.05, 0.1) is 12.8 Å². The zero-order valence-corrected chi connectivity index (χ0v) is 13.7. The van der Waals surface area contributed by atoms with E-state index in [9.17, 15) is 13.6 Å². The van der Waals surface area contributed by atoms with Crippen LogP contribution in [0.5, 0.6) is 5.75 Å². The van der Waals surface area contributed by atoms with Crippen molar-refractivity contribution in [2.24, 2.45) is 4.99 Å². The molecule has 0 radical (unpaired) electrons. The monoisotopic (exact) mass is 325 g/mol. The maximum Gasteiger partial charge on any atom is 0.359 e. The first-order valence-electron chi connectivity index (χ1n) is 7.04. The van der Waals surface area contributed by atoms with Crippen LogP contribution in [0, 0.1) is 0 Å². The summed E-state index contributed by atoms with van der Waals surface area (Å²) in [7, 11) is 1.49. The summed E-state index contributed by atoms with van der Waals surface area (Å²) in [6, 6.07) is 6.09. The molecule has 0 aliphatic heterocycles. The summed E-state index contributed by atoms with van der Waals surface area (Å²) in [6.07, 6.45) is 0.329. The molecule has 1 aromatic rings. The van der Waals surface area contributed by atoms with Gasteiger partial charge in [-0.15, -0.1) is 6.58 Å². The Hall–Kier alpha value is -2.24. The fourth-order valence-corrected chi connectivity index (χ4v) is 1.67. The minimum atomic E-state index is -3.47. The van der Waals surface area contributed by atoms with Crippen molar-refractivity contribution in [3.63, 3.8) is 0 Å². The summed E-state index contributed by atoms with van der Waals surface area (Å²) in [5.74, 6) is -4.06. The number of nitrogens with zero attached hydrogens (tertiary/aromatic N) is 1. The standard InChI is InChI=1S/C17H21F2NO3/c1-6-11-17(18,19)14(15(21)23-16(2,3)4)20-12-7-9-13(22-5)10-8-12/h6-10H,1,11H2,2-5H3. The van der Waals surface area contributed by atoms with Gasteiger partial charge in [-0.1, -0.05) is 6.08 Å². The van der Waals surface area contributed by atoms with Crippen LogP contribution >= 0.6 is 0 Å². The number of ether oxygens (including phenoxy) is 2. The molecule has 23 heavy (non-hydrogen) atoms. The second kappa shape index (κ2) is 7.35. The van der Waals surface area contributed by atoms with Crippen molar-refractivity contribution in [1.29, 1.82) is 0 Å². The predicted octanol–water partition coefficient (Wildman–Crippen LogP) is 4.32. The zero-order valence-electron chi connectivity index (χ0n) is 13.7. The molecule has 0 atom stereocenters. The maximum absolute atomic E-state index is 14.2. The molecule has 0 unspecified atom stereocenters. The average molecular weight is 325 g/mol. The Balaban J connectivity index is 3.23. The number of hydrogen-bond donors (Lipinski definition) is 0. The van der Waals surface area contributed by atoms with Crippen molar-refractivity contribution in [1.82, 2.24) is 0 Å². The first kappa shape index (κ1) is 18.8. The number of carbonyl (C=O) groups is 1. The Labute approximate surface area is 134 Å². The number of allylic oxidation sites excluding steroid dienone is 1. The summed E-state index contributed by atoms with van der Waals surface area (Å²) in [5.41, 5.74) is -1.64. The van der Waals surface area contributed by atoms with Crippen LogP contribution in [0.4, 0.5) is 14.5 Å². The molecular weight excluding hydrogens is 304 g/mol. The largest absolute Gasteiger partial charge is 0.497 e. The van der Waals surface area contributed by atoms with Gasteiger partial charge in [0, 0.05) is 6.42 Å². The topological polar surface area (TPSA) is 47.9 Å². The minimum absolute atomic E-state index is 0.204. The average Bonchev–Trinajstić information content (AvgIpc) is 2.43. The van der Waals surface area contributed by atoms with Crippen molar-refractivity contribution in [2.45, 2.75) is 38.7 Å². The van der Waals surface area contributed by atoms with Crippen molar-refractivity contribution in [2.75, 3.05) is 7.11 Å². The lowest BCUT2D eigenvalue weighted by atomic mass is 10.1. The Morgan fingerprint density at radius 1 is 1.26 bits per heavy atom. The second-order valence-corrected chi connectivity index (χ2v) is 5.86. The van der Waals surface area contributed by atoms with Gasteiger partial charge in [0.1, 0.15) is 11.4 Å². The lowest BCUT2D eigenvalue weighted by molar-refractivity contribution is -0.147. The number of aliphatic imine (C=N–C) groups is 1. The van der Waals surface area contributed by atoms with Gasteiger partial charge >= 0.3 is 5.97 Å². The molecule has 0 spiro atoms.